The number of hydrogen-bond donors (Lipinski definition) is 2. The van der Waals surface area contributed by atoms with Crippen molar-refractivity contribution >= 4 is 0 Å². The van der Waals surface area contributed by atoms with Crippen LogP contribution in [-0.4, -0.2) is 36.1 Å². The molecule has 4 nitrogen and oxygen atoms in total. The Morgan fingerprint density at radius 2 is 2.31 bits per heavy atom. The van der Waals surface area contributed by atoms with E-state index >= 15 is 0 Å². The molecule has 0 amide bonds. The highest BCUT2D eigenvalue weighted by Gasteiger charge is 2.44. The van der Waals surface area contributed by atoms with Crippen LogP contribution in [0.2, 0.25) is 0 Å². The number of likely N-dealkylation sites (tertiary alicyclic amines) is 1. The zero-order valence-corrected chi connectivity index (χ0v) is 9.33. The van der Waals surface area contributed by atoms with Crippen LogP contribution >= 0.6 is 0 Å². The fourth-order valence-corrected chi connectivity index (χ4v) is 2.90. The summed E-state index contributed by atoms with van der Waals surface area (Å²) in [7, 11) is 0. The predicted octanol–water partition coefficient (Wildman–Crippen LogP) is 0.170. The lowest BCUT2D eigenvalue weighted by Gasteiger charge is -2.47. The summed E-state index contributed by atoms with van der Waals surface area (Å²) in [6.45, 7) is 5.36. The molecule has 3 rings (SSSR count). The molecule has 1 aromatic rings. The summed E-state index contributed by atoms with van der Waals surface area (Å²) in [5.74, 6) is 0. The minimum absolute atomic E-state index is 0.0491. The first-order chi connectivity index (χ1) is 7.77. The SMILES string of the molecule is O=c1[nH]cccc1CN1CC2(CCNC2)C1. The highest BCUT2D eigenvalue weighted by atomic mass is 16.1. The topological polar surface area (TPSA) is 48.1 Å². The molecule has 2 saturated heterocycles. The zero-order chi connectivity index (χ0) is 11.0. The Bertz CT molecular complexity index is 426. The molecular weight excluding hydrogens is 202 g/mol. The maximum absolute atomic E-state index is 11.5. The molecule has 86 valence electrons. The Hall–Kier alpha value is -1.13. The molecule has 1 aromatic heterocycles. The van der Waals surface area contributed by atoms with E-state index in [1.807, 2.05) is 12.1 Å². The largest absolute Gasteiger partial charge is 0.329 e. The minimum atomic E-state index is 0.0491. The number of aromatic amines is 1. The second-order valence-corrected chi connectivity index (χ2v) is 5.10. The second kappa shape index (κ2) is 3.71. The molecule has 0 atom stereocenters. The van der Waals surface area contributed by atoms with E-state index in [0.29, 0.717) is 5.41 Å². The van der Waals surface area contributed by atoms with Gasteiger partial charge in [-0.2, -0.15) is 0 Å². The van der Waals surface area contributed by atoms with Gasteiger partial charge < -0.3 is 10.3 Å². The molecule has 2 N–H and O–H groups in total. The van der Waals surface area contributed by atoms with Crippen LogP contribution in [0.3, 0.4) is 0 Å². The van der Waals surface area contributed by atoms with Gasteiger partial charge in [0.2, 0.25) is 0 Å². The Balaban J connectivity index is 1.62. The van der Waals surface area contributed by atoms with Gasteiger partial charge in [0.05, 0.1) is 0 Å². The molecule has 2 aliphatic rings. The van der Waals surface area contributed by atoms with Crippen LogP contribution < -0.4 is 10.9 Å². The van der Waals surface area contributed by atoms with E-state index in [1.54, 1.807) is 6.20 Å². The third kappa shape index (κ3) is 1.68. The van der Waals surface area contributed by atoms with Crippen molar-refractivity contribution in [1.82, 2.24) is 15.2 Å². The van der Waals surface area contributed by atoms with Crippen molar-refractivity contribution in [1.29, 1.82) is 0 Å². The Labute approximate surface area is 94.7 Å². The quantitative estimate of drug-likeness (QED) is 0.745. The fourth-order valence-electron chi connectivity index (χ4n) is 2.90. The van der Waals surface area contributed by atoms with E-state index < -0.39 is 0 Å². The normalized spacial score (nSPS) is 23.5. The second-order valence-electron chi connectivity index (χ2n) is 5.10. The van der Waals surface area contributed by atoms with Crippen LogP contribution in [0.25, 0.3) is 0 Å². The van der Waals surface area contributed by atoms with E-state index in [0.717, 1.165) is 38.3 Å². The molecule has 0 aliphatic carbocycles. The van der Waals surface area contributed by atoms with Gasteiger partial charge in [-0.25, -0.2) is 0 Å². The highest BCUT2D eigenvalue weighted by Crippen LogP contribution is 2.36. The van der Waals surface area contributed by atoms with Gasteiger partial charge in [-0.15, -0.1) is 0 Å². The van der Waals surface area contributed by atoms with Crippen molar-refractivity contribution in [3.8, 4) is 0 Å². The van der Waals surface area contributed by atoms with Gasteiger partial charge in [0.1, 0.15) is 0 Å². The van der Waals surface area contributed by atoms with Gasteiger partial charge in [0.15, 0.2) is 0 Å². The zero-order valence-electron chi connectivity index (χ0n) is 9.33. The first-order valence-corrected chi connectivity index (χ1v) is 5.87. The van der Waals surface area contributed by atoms with E-state index in [2.05, 4.69) is 15.2 Å². The van der Waals surface area contributed by atoms with Gasteiger partial charge in [-0.1, -0.05) is 6.07 Å². The van der Waals surface area contributed by atoms with Gasteiger partial charge in [0, 0.05) is 43.4 Å². The number of hydrogen-bond acceptors (Lipinski definition) is 3. The predicted molar refractivity (Wildman–Crippen MR) is 62.3 cm³/mol. The van der Waals surface area contributed by atoms with Crippen molar-refractivity contribution in [2.24, 2.45) is 5.41 Å². The van der Waals surface area contributed by atoms with Crippen LogP contribution in [0.5, 0.6) is 0 Å². The molecule has 0 unspecified atom stereocenters. The molecule has 2 fully saturated rings. The maximum atomic E-state index is 11.5. The summed E-state index contributed by atoms with van der Waals surface area (Å²) in [4.78, 5) is 16.6. The summed E-state index contributed by atoms with van der Waals surface area (Å²) < 4.78 is 0. The smallest absolute Gasteiger partial charge is 0.252 e. The van der Waals surface area contributed by atoms with Crippen LogP contribution in [-0.2, 0) is 6.54 Å². The molecule has 0 radical (unpaired) electrons. The molecule has 0 aromatic carbocycles. The van der Waals surface area contributed by atoms with E-state index in [9.17, 15) is 4.79 Å². The number of H-pyrrole nitrogens is 1. The lowest BCUT2D eigenvalue weighted by Crippen LogP contribution is -2.56. The Morgan fingerprint density at radius 1 is 1.44 bits per heavy atom. The average Bonchev–Trinajstić information content (AvgIpc) is 2.70. The maximum Gasteiger partial charge on any atom is 0.252 e. The number of rotatable bonds is 2. The number of aromatic nitrogens is 1. The molecule has 2 aliphatic heterocycles. The third-order valence-corrected chi connectivity index (χ3v) is 3.74. The summed E-state index contributed by atoms with van der Waals surface area (Å²) in [6.07, 6.45) is 2.97. The van der Waals surface area contributed by atoms with E-state index in [4.69, 9.17) is 0 Å². The van der Waals surface area contributed by atoms with Crippen LogP contribution in [0.1, 0.15) is 12.0 Å². The van der Waals surface area contributed by atoms with Crippen LogP contribution in [0.4, 0.5) is 0 Å². The third-order valence-electron chi connectivity index (χ3n) is 3.74. The van der Waals surface area contributed by atoms with Crippen molar-refractivity contribution < 1.29 is 0 Å². The van der Waals surface area contributed by atoms with E-state index in [1.165, 1.54) is 6.42 Å². The first kappa shape index (κ1) is 10.1. The number of pyridine rings is 1. The molecule has 4 heteroatoms. The van der Waals surface area contributed by atoms with Crippen molar-refractivity contribution in [3.63, 3.8) is 0 Å². The van der Waals surface area contributed by atoms with Crippen molar-refractivity contribution in [2.75, 3.05) is 26.2 Å². The minimum Gasteiger partial charge on any atom is -0.329 e. The van der Waals surface area contributed by atoms with Gasteiger partial charge in [0.25, 0.3) is 5.56 Å². The van der Waals surface area contributed by atoms with Gasteiger partial charge >= 0.3 is 0 Å². The lowest BCUT2D eigenvalue weighted by molar-refractivity contribution is 0.0100. The van der Waals surface area contributed by atoms with Gasteiger partial charge in [-0.3, -0.25) is 9.69 Å². The molecular formula is C12H17N3O. The molecule has 1 spiro atoms. The summed E-state index contributed by atoms with van der Waals surface area (Å²) >= 11 is 0. The van der Waals surface area contributed by atoms with Gasteiger partial charge in [-0.05, 0) is 19.0 Å². The average molecular weight is 219 g/mol. The lowest BCUT2D eigenvalue weighted by atomic mass is 9.79. The van der Waals surface area contributed by atoms with Crippen molar-refractivity contribution in [2.45, 2.75) is 13.0 Å². The standard InChI is InChI=1S/C12H17N3O/c16-11-10(2-1-4-14-11)6-15-8-12(9-15)3-5-13-7-12/h1-2,4,13H,3,5-9H2,(H,14,16). The molecule has 0 saturated carbocycles. The summed E-state index contributed by atoms with van der Waals surface area (Å²) in [6, 6.07) is 3.81. The molecule has 0 bridgehead atoms. The number of nitrogens with one attached hydrogen (secondary N) is 2. The Morgan fingerprint density at radius 3 is 3.00 bits per heavy atom. The first-order valence-electron chi connectivity index (χ1n) is 5.87. The summed E-state index contributed by atoms with van der Waals surface area (Å²) in [5.41, 5.74) is 1.44. The fraction of sp³-hybridized carbons (Fsp3) is 0.583. The van der Waals surface area contributed by atoms with Crippen LogP contribution in [0.15, 0.2) is 23.1 Å². The Kier molecular flexibility index (Phi) is 2.33. The highest BCUT2D eigenvalue weighted by molar-refractivity contribution is 5.11. The number of nitrogens with zero attached hydrogens (tertiary/aromatic N) is 1. The molecule has 16 heavy (non-hydrogen) atoms. The monoisotopic (exact) mass is 219 g/mol. The molecule has 3 heterocycles. The van der Waals surface area contributed by atoms with Crippen molar-refractivity contribution in [3.05, 3.63) is 34.2 Å². The van der Waals surface area contributed by atoms with Crippen LogP contribution in [0, 0.1) is 5.41 Å². The summed E-state index contributed by atoms with van der Waals surface area (Å²) in [5, 5.41) is 3.42. The van der Waals surface area contributed by atoms with E-state index in [-0.39, 0.29) is 5.56 Å².